The highest BCUT2D eigenvalue weighted by Crippen LogP contribution is 2.18. The van der Waals surface area contributed by atoms with Gasteiger partial charge in [0.15, 0.2) is 0 Å². The predicted octanol–water partition coefficient (Wildman–Crippen LogP) is 8.78. The van der Waals surface area contributed by atoms with E-state index in [-0.39, 0.29) is 0 Å². The molecule has 3 heteroatoms. The first-order valence-corrected chi connectivity index (χ1v) is 12.9. The van der Waals surface area contributed by atoms with Crippen LogP contribution < -0.4 is 0 Å². The van der Waals surface area contributed by atoms with Crippen LogP contribution in [0.5, 0.6) is 0 Å². The molecule has 0 aromatic carbocycles. The molecule has 0 aliphatic heterocycles. The molecule has 0 radical (unpaired) electrons. The third-order valence-electron chi connectivity index (χ3n) is 5.91. The van der Waals surface area contributed by atoms with Crippen LogP contribution in [0.25, 0.3) is 5.41 Å². The molecule has 0 aromatic heterocycles. The van der Waals surface area contributed by atoms with Crippen LogP contribution in [0.3, 0.4) is 0 Å². The summed E-state index contributed by atoms with van der Waals surface area (Å²) in [6, 6.07) is 0. The van der Waals surface area contributed by atoms with E-state index in [9.17, 15) is 0 Å². The Bertz CT molecular complexity index is 288. The molecular formula is C25H52N2S. The number of rotatable bonds is 20. The molecule has 0 saturated heterocycles. The average molecular weight is 413 g/mol. The van der Waals surface area contributed by atoms with Gasteiger partial charge in [0.05, 0.1) is 26.2 Å². The summed E-state index contributed by atoms with van der Waals surface area (Å²) in [5, 5.41) is 8.47. The largest absolute Gasteiger partial charge is 0.753 e. The lowest BCUT2D eigenvalue weighted by Crippen LogP contribution is -2.50. The van der Waals surface area contributed by atoms with Crippen molar-refractivity contribution in [3.63, 3.8) is 0 Å². The fraction of sp³-hybridized carbons (Fsp3) is 0.960. The third kappa shape index (κ3) is 20.5. The summed E-state index contributed by atoms with van der Waals surface area (Å²) in [5.74, 6) is 0. The lowest BCUT2D eigenvalue weighted by molar-refractivity contribution is -0.929. The Morgan fingerprint density at radius 2 is 0.786 bits per heavy atom. The molecule has 0 aliphatic carbocycles. The fourth-order valence-electron chi connectivity index (χ4n) is 4.30. The van der Waals surface area contributed by atoms with Crippen LogP contribution in [0.2, 0.25) is 0 Å². The summed E-state index contributed by atoms with van der Waals surface area (Å²) in [6.07, 6.45) is 22.9. The second-order valence-electron chi connectivity index (χ2n) is 8.57. The molecule has 0 spiro atoms. The van der Waals surface area contributed by atoms with Gasteiger partial charge in [0.2, 0.25) is 0 Å². The molecule has 0 saturated carbocycles. The molecule has 0 aromatic rings. The Labute approximate surface area is 184 Å². The maximum absolute atomic E-state index is 7.13. The minimum atomic E-state index is 1.33. The number of thiocarbonyl (C=S) groups is 1. The van der Waals surface area contributed by atoms with Crippen molar-refractivity contribution in [1.29, 1.82) is 0 Å². The normalized spacial score (nSPS) is 11.0. The van der Waals surface area contributed by atoms with Crippen molar-refractivity contribution in [2.75, 3.05) is 26.2 Å². The van der Waals surface area contributed by atoms with E-state index in [1.807, 2.05) is 0 Å². The first-order valence-electron chi connectivity index (χ1n) is 12.5. The van der Waals surface area contributed by atoms with Gasteiger partial charge >= 0.3 is 0 Å². The van der Waals surface area contributed by atoms with Gasteiger partial charge in [-0.05, 0) is 44.9 Å². The number of hydrogen-bond donors (Lipinski definition) is 0. The Morgan fingerprint density at radius 1 is 0.500 bits per heavy atom. The standard InChI is InChI=1S/C24H52N.CNS/c1-5-9-12-15-18-22-25(21-8-4,23-19-16-13-10-6-2)24-20-17-14-11-7-3;2-1-3/h5-24H2,1-4H3;/q+1;-1. The number of quaternary nitrogens is 1. The van der Waals surface area contributed by atoms with Crippen molar-refractivity contribution in [2.24, 2.45) is 0 Å². The zero-order valence-corrected chi connectivity index (χ0v) is 20.8. The molecule has 2 nitrogen and oxygen atoms in total. The maximum Gasteiger partial charge on any atom is 0.0786 e. The fourth-order valence-corrected chi connectivity index (χ4v) is 4.30. The van der Waals surface area contributed by atoms with Gasteiger partial charge < -0.3 is 9.89 Å². The summed E-state index contributed by atoms with van der Waals surface area (Å²) in [7, 11) is 0. The van der Waals surface area contributed by atoms with Gasteiger partial charge in [-0.2, -0.15) is 5.16 Å². The molecule has 0 N–H and O–H groups in total. The lowest BCUT2D eigenvalue weighted by Gasteiger charge is -2.39. The minimum absolute atomic E-state index is 1.33. The maximum atomic E-state index is 7.13. The third-order valence-corrected chi connectivity index (χ3v) is 5.91. The topological polar surface area (TPSA) is 22.3 Å². The first kappa shape index (κ1) is 30.0. The van der Waals surface area contributed by atoms with Gasteiger partial charge in [-0.1, -0.05) is 97.7 Å². The number of nitrogens with zero attached hydrogens (tertiary/aromatic N) is 2. The van der Waals surface area contributed by atoms with E-state index in [2.05, 4.69) is 39.9 Å². The molecule has 0 unspecified atom stereocenters. The number of unbranched alkanes of at least 4 members (excludes halogenated alkanes) is 12. The smallest absolute Gasteiger partial charge is 0.0786 e. The van der Waals surface area contributed by atoms with Crippen LogP contribution in [-0.4, -0.2) is 35.8 Å². The molecule has 0 aliphatic rings. The Balaban J connectivity index is 0. The zero-order chi connectivity index (χ0) is 21.3. The number of isothiocyanates is 1. The highest BCUT2D eigenvalue weighted by molar-refractivity contribution is 7.78. The molecule has 0 atom stereocenters. The second-order valence-corrected chi connectivity index (χ2v) is 8.75. The van der Waals surface area contributed by atoms with E-state index >= 15 is 0 Å². The molecule has 0 heterocycles. The number of hydrogen-bond acceptors (Lipinski definition) is 1. The van der Waals surface area contributed by atoms with E-state index in [0.717, 1.165) is 0 Å². The molecule has 0 bridgehead atoms. The molecule has 0 fully saturated rings. The highest BCUT2D eigenvalue weighted by Gasteiger charge is 2.25. The van der Waals surface area contributed by atoms with Crippen LogP contribution in [0.15, 0.2) is 0 Å². The molecule has 168 valence electrons. The summed E-state index contributed by atoms with van der Waals surface area (Å²) in [6.45, 7) is 15.2. The Hall–Kier alpha value is -0.240. The Kier molecular flexibility index (Phi) is 26.5. The quantitative estimate of drug-likeness (QED) is 0.0847. The van der Waals surface area contributed by atoms with Gasteiger partial charge in [-0.25, -0.2) is 0 Å². The highest BCUT2D eigenvalue weighted by atomic mass is 32.1. The molecular weight excluding hydrogens is 360 g/mol. The van der Waals surface area contributed by atoms with Crippen molar-refractivity contribution in [2.45, 2.75) is 130 Å². The monoisotopic (exact) mass is 412 g/mol. The lowest BCUT2D eigenvalue weighted by atomic mass is 10.1. The average Bonchev–Trinajstić information content (AvgIpc) is 2.68. The first-order chi connectivity index (χ1) is 13.7. The summed E-state index contributed by atoms with van der Waals surface area (Å²) in [5.41, 5.74) is 0. The van der Waals surface area contributed by atoms with Crippen LogP contribution in [0.1, 0.15) is 130 Å². The predicted molar refractivity (Wildman–Crippen MR) is 132 cm³/mol. The van der Waals surface area contributed by atoms with Crippen molar-refractivity contribution < 1.29 is 4.48 Å². The van der Waals surface area contributed by atoms with Crippen molar-refractivity contribution in [1.82, 2.24) is 0 Å². The van der Waals surface area contributed by atoms with E-state index in [4.69, 9.17) is 5.41 Å². The zero-order valence-electron chi connectivity index (χ0n) is 19.9. The van der Waals surface area contributed by atoms with Gasteiger partial charge in [-0.3, -0.25) is 0 Å². The summed E-state index contributed by atoms with van der Waals surface area (Å²) >= 11 is 3.70. The van der Waals surface area contributed by atoms with Crippen LogP contribution in [0.4, 0.5) is 0 Å². The molecule has 0 rings (SSSR count). The SMILES string of the molecule is CCCCCCC[N+](CCC)(CCCCCCC)CCCCCCC.[N-]=C=S. The Morgan fingerprint density at radius 3 is 1.04 bits per heavy atom. The van der Waals surface area contributed by atoms with Gasteiger partial charge in [0.1, 0.15) is 0 Å². The van der Waals surface area contributed by atoms with Gasteiger partial charge in [-0.15, -0.1) is 0 Å². The second kappa shape index (κ2) is 24.8. The van der Waals surface area contributed by atoms with Crippen LogP contribution in [0, 0.1) is 0 Å². The van der Waals surface area contributed by atoms with Gasteiger partial charge in [0, 0.05) is 0 Å². The summed E-state index contributed by atoms with van der Waals surface area (Å²) < 4.78 is 1.45. The van der Waals surface area contributed by atoms with E-state index in [1.54, 1.807) is 0 Å². The van der Waals surface area contributed by atoms with Gasteiger partial charge in [0.25, 0.3) is 0 Å². The van der Waals surface area contributed by atoms with Crippen LogP contribution in [-0.2, 0) is 0 Å². The van der Waals surface area contributed by atoms with Crippen molar-refractivity contribution in [3.05, 3.63) is 5.41 Å². The van der Waals surface area contributed by atoms with Crippen molar-refractivity contribution in [3.8, 4) is 0 Å². The minimum Gasteiger partial charge on any atom is -0.753 e. The van der Waals surface area contributed by atoms with Crippen LogP contribution >= 0.6 is 12.2 Å². The summed E-state index contributed by atoms with van der Waals surface area (Å²) in [4.78, 5) is 0. The molecule has 28 heavy (non-hydrogen) atoms. The van der Waals surface area contributed by atoms with Crippen molar-refractivity contribution >= 4 is 17.4 Å². The van der Waals surface area contributed by atoms with E-state index in [0.29, 0.717) is 0 Å². The van der Waals surface area contributed by atoms with E-state index in [1.165, 1.54) is 139 Å². The molecule has 0 amide bonds. The van der Waals surface area contributed by atoms with E-state index < -0.39 is 0 Å².